The maximum Gasteiger partial charge on any atom is 0.326 e. The Morgan fingerprint density at radius 3 is 2.29 bits per heavy atom. The fourth-order valence-electron chi connectivity index (χ4n) is 1.09. The van der Waals surface area contributed by atoms with Crippen molar-refractivity contribution >= 4 is 18.0 Å². The quantitative estimate of drug-likeness (QED) is 0.570. The molecule has 3 N–H and O–H groups in total. The smallest absolute Gasteiger partial charge is 0.326 e. The van der Waals surface area contributed by atoms with Crippen LogP contribution in [0, 0.1) is 5.92 Å². The summed E-state index contributed by atoms with van der Waals surface area (Å²) in [4.78, 5) is 32.8. The van der Waals surface area contributed by atoms with Gasteiger partial charge in [-0.15, -0.1) is 0 Å². The van der Waals surface area contributed by atoms with Gasteiger partial charge in [0.05, 0.1) is 13.5 Å². The fraction of sp³-hybridized carbons (Fsp3) is 0.700. The third kappa shape index (κ3) is 6.39. The number of carboxylic acids is 1. The largest absolute Gasteiger partial charge is 0.480 e. The summed E-state index contributed by atoms with van der Waals surface area (Å²) in [5.74, 6) is -1.76. The maximum absolute atomic E-state index is 11.3. The first-order valence-corrected chi connectivity index (χ1v) is 5.22. The summed E-state index contributed by atoms with van der Waals surface area (Å²) in [6.07, 6.45) is 0.0450. The third-order valence-corrected chi connectivity index (χ3v) is 2.06. The number of methoxy groups -OCH3 is 1. The van der Waals surface area contributed by atoms with E-state index >= 15 is 0 Å². The number of nitrogens with one attached hydrogen (secondary N) is 2. The van der Waals surface area contributed by atoms with E-state index < -0.39 is 24.0 Å². The molecular formula is C10H18N2O5. The Hall–Kier alpha value is -1.79. The third-order valence-electron chi connectivity index (χ3n) is 2.06. The van der Waals surface area contributed by atoms with Gasteiger partial charge in [-0.25, -0.2) is 9.59 Å². The molecule has 0 aliphatic heterocycles. The number of carboxylic acid groups (broad SMARTS) is 1. The topological polar surface area (TPSA) is 105 Å². The lowest BCUT2D eigenvalue weighted by atomic mass is 10.1. The molecule has 98 valence electrons. The van der Waals surface area contributed by atoms with Gasteiger partial charge in [-0.1, -0.05) is 13.8 Å². The average Bonchev–Trinajstić information content (AvgIpc) is 2.24. The lowest BCUT2D eigenvalue weighted by Crippen LogP contribution is -2.48. The second kappa shape index (κ2) is 7.48. The van der Waals surface area contributed by atoms with Gasteiger partial charge in [-0.2, -0.15) is 0 Å². The monoisotopic (exact) mass is 246 g/mol. The van der Waals surface area contributed by atoms with Crippen molar-refractivity contribution in [2.24, 2.45) is 5.92 Å². The van der Waals surface area contributed by atoms with Gasteiger partial charge < -0.3 is 20.5 Å². The molecule has 7 heteroatoms. The van der Waals surface area contributed by atoms with Crippen LogP contribution in [0.3, 0.4) is 0 Å². The number of carbonyl (C=O) groups is 3. The number of carbonyl (C=O) groups excluding carboxylic acids is 2. The van der Waals surface area contributed by atoms with Crippen LogP contribution in [0.5, 0.6) is 0 Å². The van der Waals surface area contributed by atoms with Gasteiger partial charge in [0.25, 0.3) is 0 Å². The van der Waals surface area contributed by atoms with Crippen molar-refractivity contribution in [2.45, 2.75) is 26.3 Å². The van der Waals surface area contributed by atoms with Crippen LogP contribution in [-0.4, -0.2) is 42.8 Å². The lowest BCUT2D eigenvalue weighted by molar-refractivity contribution is -0.141. The number of urea groups is 1. The van der Waals surface area contributed by atoms with Crippen LogP contribution in [0.1, 0.15) is 20.3 Å². The van der Waals surface area contributed by atoms with Crippen molar-refractivity contribution in [1.29, 1.82) is 0 Å². The van der Waals surface area contributed by atoms with Gasteiger partial charge in [-0.05, 0) is 5.92 Å². The van der Waals surface area contributed by atoms with E-state index in [4.69, 9.17) is 5.11 Å². The van der Waals surface area contributed by atoms with Gasteiger partial charge in [-0.3, -0.25) is 4.79 Å². The molecule has 0 bridgehead atoms. The zero-order valence-electron chi connectivity index (χ0n) is 10.1. The molecule has 0 rings (SSSR count). The minimum atomic E-state index is -1.09. The molecule has 7 nitrogen and oxygen atoms in total. The first-order chi connectivity index (χ1) is 7.88. The number of ether oxygens (including phenoxy) is 1. The SMILES string of the molecule is COC(=O)CCNC(=O)N[C@H](C(=O)O)C(C)C. The van der Waals surface area contributed by atoms with Gasteiger partial charge in [0.1, 0.15) is 6.04 Å². The predicted molar refractivity (Wildman–Crippen MR) is 59.4 cm³/mol. The van der Waals surface area contributed by atoms with E-state index in [1.165, 1.54) is 7.11 Å². The average molecular weight is 246 g/mol. The van der Waals surface area contributed by atoms with E-state index in [9.17, 15) is 14.4 Å². The second-order valence-corrected chi connectivity index (χ2v) is 3.79. The van der Waals surface area contributed by atoms with Crippen LogP contribution in [-0.2, 0) is 14.3 Å². The fourth-order valence-corrected chi connectivity index (χ4v) is 1.09. The molecule has 17 heavy (non-hydrogen) atoms. The molecular weight excluding hydrogens is 228 g/mol. The van der Waals surface area contributed by atoms with Gasteiger partial charge in [0.2, 0.25) is 0 Å². The first-order valence-electron chi connectivity index (χ1n) is 5.22. The standard InChI is InChI=1S/C10H18N2O5/c1-6(2)8(9(14)15)12-10(16)11-5-4-7(13)17-3/h6,8H,4-5H2,1-3H3,(H,14,15)(H2,11,12,16)/t8-/m0/s1. The normalized spacial score (nSPS) is 11.8. The summed E-state index contributed by atoms with van der Waals surface area (Å²) in [6.45, 7) is 3.48. The Morgan fingerprint density at radius 1 is 1.29 bits per heavy atom. The summed E-state index contributed by atoms with van der Waals surface area (Å²) in [5, 5.41) is 13.5. The molecule has 0 heterocycles. The first kappa shape index (κ1) is 15.2. The van der Waals surface area contributed by atoms with Crippen molar-refractivity contribution in [3.05, 3.63) is 0 Å². The molecule has 1 atom stereocenters. The Kier molecular flexibility index (Phi) is 6.69. The van der Waals surface area contributed by atoms with Crippen LogP contribution in [0.4, 0.5) is 4.79 Å². The molecule has 0 saturated carbocycles. The van der Waals surface area contributed by atoms with Crippen LogP contribution in [0.15, 0.2) is 0 Å². The van der Waals surface area contributed by atoms with E-state index in [1.807, 2.05) is 0 Å². The number of hydrogen-bond donors (Lipinski definition) is 3. The Balaban J connectivity index is 3.99. The van der Waals surface area contributed by atoms with Gasteiger partial charge in [0.15, 0.2) is 0 Å². The zero-order valence-corrected chi connectivity index (χ0v) is 10.1. The Labute approximate surface area is 99.5 Å². The zero-order chi connectivity index (χ0) is 13.4. The van der Waals surface area contributed by atoms with E-state index in [2.05, 4.69) is 15.4 Å². The summed E-state index contributed by atoms with van der Waals surface area (Å²) in [6, 6.07) is -1.57. The van der Waals surface area contributed by atoms with Crippen molar-refractivity contribution in [2.75, 3.05) is 13.7 Å². The van der Waals surface area contributed by atoms with E-state index in [-0.39, 0.29) is 18.9 Å². The molecule has 2 amide bonds. The van der Waals surface area contributed by atoms with E-state index in [0.717, 1.165) is 0 Å². The Morgan fingerprint density at radius 2 is 1.88 bits per heavy atom. The molecule has 0 saturated heterocycles. The van der Waals surface area contributed by atoms with Crippen LogP contribution in [0.25, 0.3) is 0 Å². The number of rotatable bonds is 6. The van der Waals surface area contributed by atoms with Gasteiger partial charge in [0, 0.05) is 6.54 Å². The van der Waals surface area contributed by atoms with E-state index in [0.29, 0.717) is 0 Å². The van der Waals surface area contributed by atoms with Crippen molar-refractivity contribution in [3.8, 4) is 0 Å². The van der Waals surface area contributed by atoms with Crippen LogP contribution in [0.2, 0.25) is 0 Å². The summed E-state index contributed by atoms with van der Waals surface area (Å²) < 4.78 is 4.38. The van der Waals surface area contributed by atoms with Crippen molar-refractivity contribution in [3.63, 3.8) is 0 Å². The summed E-state index contributed by atoms with van der Waals surface area (Å²) in [5.41, 5.74) is 0. The molecule has 0 unspecified atom stereocenters. The molecule has 0 aromatic rings. The summed E-state index contributed by atoms with van der Waals surface area (Å²) in [7, 11) is 1.25. The molecule has 0 radical (unpaired) electrons. The van der Waals surface area contributed by atoms with Crippen molar-refractivity contribution < 1.29 is 24.2 Å². The molecule has 0 aromatic heterocycles. The number of esters is 1. The molecule has 0 aromatic carbocycles. The Bertz CT molecular complexity index is 290. The lowest BCUT2D eigenvalue weighted by Gasteiger charge is -2.18. The minimum absolute atomic E-state index is 0.0450. The maximum atomic E-state index is 11.3. The summed E-state index contributed by atoms with van der Waals surface area (Å²) >= 11 is 0. The highest BCUT2D eigenvalue weighted by atomic mass is 16.5. The second-order valence-electron chi connectivity index (χ2n) is 3.79. The number of aliphatic carboxylic acids is 1. The molecule has 0 aliphatic carbocycles. The van der Waals surface area contributed by atoms with E-state index in [1.54, 1.807) is 13.8 Å². The van der Waals surface area contributed by atoms with Crippen molar-refractivity contribution in [1.82, 2.24) is 10.6 Å². The van der Waals surface area contributed by atoms with Gasteiger partial charge >= 0.3 is 18.0 Å². The molecule has 0 aliphatic rings. The minimum Gasteiger partial charge on any atom is -0.480 e. The highest BCUT2D eigenvalue weighted by Gasteiger charge is 2.23. The van der Waals surface area contributed by atoms with Crippen LogP contribution < -0.4 is 10.6 Å². The number of amides is 2. The number of hydrogen-bond acceptors (Lipinski definition) is 4. The molecule has 0 fully saturated rings. The predicted octanol–water partition coefficient (Wildman–Crippen LogP) is -0.0421. The highest BCUT2D eigenvalue weighted by molar-refractivity contribution is 5.82. The molecule has 0 spiro atoms. The van der Waals surface area contributed by atoms with Crippen LogP contribution >= 0.6 is 0 Å². The highest BCUT2D eigenvalue weighted by Crippen LogP contribution is 2.01.